The molecule has 9 heteroatoms. The van der Waals surface area contributed by atoms with Gasteiger partial charge in [0.15, 0.2) is 5.65 Å². The summed E-state index contributed by atoms with van der Waals surface area (Å²) < 4.78 is 29.9. The van der Waals surface area contributed by atoms with Gasteiger partial charge < -0.3 is 11.1 Å². The molecular formula is C24H19F2N7. The Balaban J connectivity index is 1.62. The van der Waals surface area contributed by atoms with E-state index >= 15 is 0 Å². The topological polar surface area (TPSA) is 94.5 Å². The molecule has 3 aromatic heterocycles. The van der Waals surface area contributed by atoms with Crippen molar-refractivity contribution in [3.05, 3.63) is 95.8 Å². The number of benzene rings is 2. The first-order valence-electron chi connectivity index (χ1n) is 10.2. The molecule has 7 nitrogen and oxygen atoms in total. The second-order valence-electron chi connectivity index (χ2n) is 7.46. The molecule has 0 saturated carbocycles. The number of anilines is 2. The van der Waals surface area contributed by atoms with Gasteiger partial charge in [-0.15, -0.1) is 5.10 Å². The van der Waals surface area contributed by atoms with Gasteiger partial charge in [-0.1, -0.05) is 36.4 Å². The van der Waals surface area contributed by atoms with Crippen LogP contribution in [-0.2, 0) is 13.1 Å². The number of halogens is 2. The lowest BCUT2D eigenvalue weighted by atomic mass is 10.1. The summed E-state index contributed by atoms with van der Waals surface area (Å²) >= 11 is 0. The molecule has 33 heavy (non-hydrogen) atoms. The van der Waals surface area contributed by atoms with Crippen molar-refractivity contribution in [1.29, 1.82) is 0 Å². The molecule has 0 aliphatic rings. The van der Waals surface area contributed by atoms with Crippen molar-refractivity contribution in [2.24, 2.45) is 0 Å². The predicted molar refractivity (Wildman–Crippen MR) is 122 cm³/mol. The van der Waals surface area contributed by atoms with E-state index in [0.717, 1.165) is 17.2 Å². The van der Waals surface area contributed by atoms with Crippen molar-refractivity contribution in [2.75, 3.05) is 11.1 Å². The molecule has 3 heterocycles. The zero-order valence-corrected chi connectivity index (χ0v) is 17.4. The van der Waals surface area contributed by atoms with Crippen LogP contribution in [0.15, 0.2) is 73.1 Å². The third-order valence-corrected chi connectivity index (χ3v) is 5.17. The minimum Gasteiger partial charge on any atom is -0.383 e. The Morgan fingerprint density at radius 2 is 1.76 bits per heavy atom. The van der Waals surface area contributed by atoms with Gasteiger partial charge in [0.2, 0.25) is 5.95 Å². The largest absolute Gasteiger partial charge is 0.383 e. The first kappa shape index (κ1) is 20.5. The minimum atomic E-state index is -0.747. The number of nitrogens with two attached hydrogens (primary N) is 1. The second-order valence-corrected chi connectivity index (χ2v) is 7.46. The van der Waals surface area contributed by atoms with Gasteiger partial charge in [0.1, 0.15) is 17.5 Å². The van der Waals surface area contributed by atoms with Gasteiger partial charge in [0.25, 0.3) is 0 Å². The number of rotatable bonds is 6. The number of pyridine rings is 1. The molecule has 5 rings (SSSR count). The highest BCUT2D eigenvalue weighted by Gasteiger charge is 2.21. The third-order valence-electron chi connectivity index (χ3n) is 5.17. The first-order chi connectivity index (χ1) is 16.1. The Labute approximate surface area is 188 Å². The summed E-state index contributed by atoms with van der Waals surface area (Å²) in [5, 5.41) is 8.08. The predicted octanol–water partition coefficient (Wildman–Crippen LogP) is 4.41. The normalized spacial score (nSPS) is 11.1. The molecule has 2 aromatic carbocycles. The summed E-state index contributed by atoms with van der Waals surface area (Å²) in [4.78, 5) is 13.1. The molecule has 0 atom stereocenters. The third kappa shape index (κ3) is 4.20. The molecule has 0 radical (unpaired) electrons. The highest BCUT2D eigenvalue weighted by Crippen LogP contribution is 2.33. The zero-order chi connectivity index (χ0) is 22.8. The Bertz CT molecular complexity index is 1420. The van der Waals surface area contributed by atoms with Crippen LogP contribution in [0, 0.1) is 11.6 Å². The maximum Gasteiger partial charge on any atom is 0.225 e. The lowest BCUT2D eigenvalue weighted by Crippen LogP contribution is -2.06. The number of nitrogens with one attached hydrogen (secondary N) is 1. The highest BCUT2D eigenvalue weighted by molar-refractivity contribution is 5.99. The van der Waals surface area contributed by atoms with Gasteiger partial charge in [0.05, 0.1) is 17.6 Å². The van der Waals surface area contributed by atoms with Gasteiger partial charge in [-0.05, 0) is 29.3 Å². The van der Waals surface area contributed by atoms with Gasteiger partial charge >= 0.3 is 0 Å². The molecule has 0 unspecified atom stereocenters. The van der Waals surface area contributed by atoms with E-state index < -0.39 is 11.6 Å². The quantitative estimate of drug-likeness (QED) is 0.404. The number of nitrogen functional groups attached to an aromatic ring is 1. The molecule has 0 bridgehead atoms. The number of hydrogen-bond acceptors (Lipinski definition) is 6. The van der Waals surface area contributed by atoms with Gasteiger partial charge in [-0.3, -0.25) is 4.98 Å². The van der Waals surface area contributed by atoms with E-state index in [1.165, 1.54) is 12.1 Å². The molecule has 0 aliphatic carbocycles. The lowest BCUT2D eigenvalue weighted by molar-refractivity contribution is 0.585. The maximum absolute atomic E-state index is 14.7. The molecule has 164 valence electrons. The Hall–Kier alpha value is -4.40. The van der Waals surface area contributed by atoms with Crippen molar-refractivity contribution < 1.29 is 8.78 Å². The van der Waals surface area contributed by atoms with E-state index in [9.17, 15) is 8.78 Å². The fourth-order valence-corrected chi connectivity index (χ4v) is 3.57. The van der Waals surface area contributed by atoms with Crippen molar-refractivity contribution in [2.45, 2.75) is 13.1 Å². The average Bonchev–Trinajstić information content (AvgIpc) is 3.14. The fraction of sp³-hybridized carbons (Fsp3) is 0.0833. The van der Waals surface area contributed by atoms with Gasteiger partial charge in [0, 0.05) is 30.6 Å². The molecule has 5 aromatic rings. The standard InChI is InChI=1S/C24H19F2N7/c25-17-8-9-18(19(26)11-17)21-20-22(27)33(14-15-5-2-1-3-6-15)32-23(20)31-24(30-21)29-13-16-7-4-10-28-12-16/h1-12H,13-14,27H2,(H,29,31,32). The second kappa shape index (κ2) is 8.62. The van der Waals surface area contributed by atoms with Gasteiger partial charge in [-0.2, -0.15) is 4.98 Å². The lowest BCUT2D eigenvalue weighted by Gasteiger charge is -2.09. The molecule has 0 spiro atoms. The molecule has 0 saturated heterocycles. The van der Waals surface area contributed by atoms with Crippen molar-refractivity contribution in [3.8, 4) is 11.3 Å². The van der Waals surface area contributed by atoms with Crippen LogP contribution in [0.2, 0.25) is 0 Å². The minimum absolute atomic E-state index is 0.110. The van der Waals surface area contributed by atoms with E-state index in [1.807, 2.05) is 42.5 Å². The molecule has 3 N–H and O–H groups in total. The van der Waals surface area contributed by atoms with Crippen molar-refractivity contribution in [3.63, 3.8) is 0 Å². The Kier molecular flexibility index (Phi) is 5.35. The van der Waals surface area contributed by atoms with E-state index in [4.69, 9.17) is 5.73 Å². The number of fused-ring (bicyclic) bond motifs is 1. The Morgan fingerprint density at radius 1 is 0.939 bits per heavy atom. The first-order valence-corrected chi connectivity index (χ1v) is 10.2. The van der Waals surface area contributed by atoms with Crippen LogP contribution in [0.25, 0.3) is 22.3 Å². The smallest absolute Gasteiger partial charge is 0.225 e. The van der Waals surface area contributed by atoms with Crippen LogP contribution >= 0.6 is 0 Å². The highest BCUT2D eigenvalue weighted by atomic mass is 19.1. The number of hydrogen-bond donors (Lipinski definition) is 2. The maximum atomic E-state index is 14.7. The van der Waals surface area contributed by atoms with Gasteiger partial charge in [-0.25, -0.2) is 18.4 Å². The molecule has 0 aliphatic heterocycles. The van der Waals surface area contributed by atoms with E-state index in [2.05, 4.69) is 25.4 Å². The Morgan fingerprint density at radius 3 is 2.52 bits per heavy atom. The van der Waals surface area contributed by atoms with E-state index in [0.29, 0.717) is 29.9 Å². The monoisotopic (exact) mass is 443 g/mol. The van der Waals surface area contributed by atoms with Crippen LogP contribution in [-0.4, -0.2) is 24.7 Å². The zero-order valence-electron chi connectivity index (χ0n) is 17.4. The van der Waals surface area contributed by atoms with E-state index in [-0.39, 0.29) is 17.2 Å². The van der Waals surface area contributed by atoms with Crippen molar-refractivity contribution >= 4 is 22.8 Å². The summed E-state index contributed by atoms with van der Waals surface area (Å²) in [5.41, 5.74) is 8.99. The summed E-state index contributed by atoms with van der Waals surface area (Å²) in [6, 6.07) is 16.8. The van der Waals surface area contributed by atoms with E-state index in [1.54, 1.807) is 17.1 Å². The summed E-state index contributed by atoms with van der Waals surface area (Å²) in [5.74, 6) is -0.881. The number of nitrogens with zero attached hydrogens (tertiary/aromatic N) is 5. The summed E-state index contributed by atoms with van der Waals surface area (Å²) in [6.45, 7) is 0.817. The van der Waals surface area contributed by atoms with Crippen molar-refractivity contribution in [1.82, 2.24) is 24.7 Å². The SMILES string of the molecule is Nc1c2c(-c3ccc(F)cc3F)nc(NCc3cccnc3)nc2nn1Cc1ccccc1. The van der Waals surface area contributed by atoms with Crippen LogP contribution in [0.4, 0.5) is 20.5 Å². The molecule has 0 fully saturated rings. The summed E-state index contributed by atoms with van der Waals surface area (Å²) in [7, 11) is 0. The molecule has 0 amide bonds. The fourth-order valence-electron chi connectivity index (χ4n) is 3.57. The number of aromatic nitrogens is 5. The molecular weight excluding hydrogens is 424 g/mol. The van der Waals surface area contributed by atoms with Crippen LogP contribution in [0.1, 0.15) is 11.1 Å². The van der Waals surface area contributed by atoms with Crippen LogP contribution in [0.3, 0.4) is 0 Å². The average molecular weight is 443 g/mol. The summed E-state index contributed by atoms with van der Waals surface area (Å²) in [6.07, 6.45) is 3.41. The van der Waals surface area contributed by atoms with Crippen LogP contribution in [0.5, 0.6) is 0 Å². The van der Waals surface area contributed by atoms with Crippen LogP contribution < -0.4 is 11.1 Å².